The standard InChI is InChI=1S/C60H40N4S8/c1-27-23-29(3)41(30(4)24-27)43-45-53-57(69-37-19-11-7-15-33(37)65-53)49(61-45)51-59-55(67-35-17-9-13-21-39(35)71-59)47(63-51)44(42-31(5)25-28(2)26-32(42)6)48-56-60(72-40-22-14-10-18-36(40)68-56)52(64-48)50-58-54(46(43)62-50)66-34-16-8-12-20-38(34)70-58/h7-26,61,64H,1-6H3. The zero-order valence-corrected chi connectivity index (χ0v) is 46.2. The maximum absolute atomic E-state index is 6.12. The molecular formula is C60H40N4S8. The lowest BCUT2D eigenvalue weighted by molar-refractivity contribution is 1.32. The lowest BCUT2D eigenvalue weighted by Crippen LogP contribution is -1.92. The van der Waals surface area contributed by atoms with Crippen molar-refractivity contribution < 1.29 is 0 Å². The maximum atomic E-state index is 6.12. The van der Waals surface area contributed by atoms with Crippen molar-refractivity contribution in [3.63, 3.8) is 0 Å². The van der Waals surface area contributed by atoms with Gasteiger partial charge in [0, 0.05) is 48.7 Å². The van der Waals surface area contributed by atoms with E-state index in [1.807, 2.05) is 90.7 Å². The number of aromatic nitrogens is 4. The van der Waals surface area contributed by atoms with Crippen LogP contribution in [0.5, 0.6) is 0 Å². The number of benzene rings is 6. The molecule has 72 heavy (non-hydrogen) atoms. The van der Waals surface area contributed by atoms with Gasteiger partial charge in [-0.05, 0) is 123 Å². The highest BCUT2D eigenvalue weighted by atomic mass is 32.1. The number of H-pyrrole nitrogens is 2. The van der Waals surface area contributed by atoms with Gasteiger partial charge >= 0.3 is 0 Å². The van der Waals surface area contributed by atoms with E-state index in [1.165, 1.54) is 120 Å². The van der Waals surface area contributed by atoms with Crippen molar-refractivity contribution in [2.75, 3.05) is 0 Å². The van der Waals surface area contributed by atoms with E-state index in [0.29, 0.717) is 0 Å². The van der Waals surface area contributed by atoms with Crippen molar-refractivity contribution in [1.82, 2.24) is 19.9 Å². The summed E-state index contributed by atoms with van der Waals surface area (Å²) in [4.78, 5) is 20.8. The summed E-state index contributed by atoms with van der Waals surface area (Å²) >= 11 is 15.0. The minimum atomic E-state index is 0.987. The van der Waals surface area contributed by atoms with Crippen LogP contribution in [0.1, 0.15) is 33.4 Å². The number of hydrogen-bond acceptors (Lipinski definition) is 10. The molecular weight excluding hydrogens is 1030 g/mol. The molecule has 8 heterocycles. The van der Waals surface area contributed by atoms with Gasteiger partial charge in [-0.3, -0.25) is 0 Å². The predicted molar refractivity (Wildman–Crippen MR) is 327 cm³/mol. The number of aryl methyl sites for hydroxylation is 6. The predicted octanol–water partition coefficient (Wildman–Crippen LogP) is 21.5. The summed E-state index contributed by atoms with van der Waals surface area (Å²) in [6.07, 6.45) is 0. The van der Waals surface area contributed by atoms with Gasteiger partial charge < -0.3 is 9.97 Å². The summed E-state index contributed by atoms with van der Waals surface area (Å²) in [6.45, 7) is 13.6. The van der Waals surface area contributed by atoms with Gasteiger partial charge in [0.25, 0.3) is 0 Å². The highest BCUT2D eigenvalue weighted by molar-refractivity contribution is 7.40. The second kappa shape index (κ2) is 16.2. The highest BCUT2D eigenvalue weighted by Gasteiger charge is 2.27. The molecule has 12 heteroatoms. The summed E-state index contributed by atoms with van der Waals surface area (Å²) in [6, 6.07) is 44.9. The summed E-state index contributed by atoms with van der Waals surface area (Å²) in [7, 11) is 0. The Labute approximate surface area is 444 Å². The zero-order chi connectivity index (χ0) is 48.3. The van der Waals surface area contributed by atoms with E-state index in [1.54, 1.807) is 0 Å². The second-order valence-corrected chi connectivity index (χ2v) is 27.3. The first-order chi connectivity index (χ1) is 35.1. The van der Waals surface area contributed by atoms with Crippen LogP contribution in [0.25, 0.3) is 142 Å². The van der Waals surface area contributed by atoms with Crippen LogP contribution in [0.3, 0.4) is 0 Å². The molecule has 4 nitrogen and oxygen atoms in total. The van der Waals surface area contributed by atoms with Crippen LogP contribution >= 0.6 is 90.7 Å². The van der Waals surface area contributed by atoms with Crippen LogP contribution in [0, 0.1) is 41.5 Å². The highest BCUT2D eigenvalue weighted by Crippen LogP contribution is 2.53. The SMILES string of the molecule is Cc1cc(C)c(-c2c3nc(c4[nH]c(c(-c5c(C)cc(C)cc5C)c5nc(c6[nH]c2c2sc7ccccc7sc62)c2sc6ccccc6sc52)c2sc5ccccc5sc42)c2sc4ccccc4sc32)c(C)c1. The smallest absolute Gasteiger partial charge is 0.107 e. The zero-order valence-electron chi connectivity index (χ0n) is 39.7. The van der Waals surface area contributed by atoms with Gasteiger partial charge in [0.15, 0.2) is 0 Å². The van der Waals surface area contributed by atoms with E-state index in [2.05, 4.69) is 173 Å². The van der Waals surface area contributed by atoms with Gasteiger partial charge in [0.2, 0.25) is 0 Å². The topological polar surface area (TPSA) is 57.4 Å². The third-order valence-electron chi connectivity index (χ3n) is 13.9. The number of nitrogens with zero attached hydrogens (tertiary/aromatic N) is 2. The van der Waals surface area contributed by atoms with E-state index in [4.69, 9.17) is 9.97 Å². The molecule has 0 saturated carbocycles. The van der Waals surface area contributed by atoms with Crippen LogP contribution in [-0.4, -0.2) is 19.9 Å². The molecule has 8 aromatic heterocycles. The van der Waals surface area contributed by atoms with Crippen LogP contribution in [0.2, 0.25) is 0 Å². The molecule has 0 saturated heterocycles. The van der Waals surface area contributed by atoms with E-state index in [9.17, 15) is 0 Å². The lowest BCUT2D eigenvalue weighted by Gasteiger charge is -2.13. The van der Waals surface area contributed by atoms with Crippen molar-refractivity contribution in [1.29, 1.82) is 0 Å². The minimum absolute atomic E-state index is 0.987. The van der Waals surface area contributed by atoms with E-state index >= 15 is 0 Å². The number of rotatable bonds is 2. The summed E-state index contributed by atoms with van der Waals surface area (Å²) in [5.74, 6) is 0. The van der Waals surface area contributed by atoms with Crippen molar-refractivity contribution in [2.24, 2.45) is 0 Å². The summed E-state index contributed by atoms with van der Waals surface area (Å²) < 4.78 is 19.6. The number of fused-ring (bicyclic) bond motifs is 6. The molecule has 2 N–H and O–H groups in total. The van der Waals surface area contributed by atoms with E-state index in [0.717, 1.165) is 55.3 Å². The molecule has 7 aromatic carbocycles. The van der Waals surface area contributed by atoms with Crippen molar-refractivity contribution in [3.8, 4) is 22.3 Å². The van der Waals surface area contributed by atoms with Gasteiger partial charge in [-0.15, -0.1) is 90.7 Å². The Morgan fingerprint density at radius 1 is 0.278 bits per heavy atom. The summed E-state index contributed by atoms with van der Waals surface area (Å²) in [5.41, 5.74) is 20.4. The third-order valence-corrected chi connectivity index (χ3v) is 24.4. The molecule has 0 fully saturated rings. The second-order valence-electron chi connectivity index (χ2n) is 18.9. The largest absolute Gasteiger partial charge is 0.351 e. The van der Waals surface area contributed by atoms with Gasteiger partial charge in [-0.2, -0.15) is 0 Å². The van der Waals surface area contributed by atoms with Crippen LogP contribution < -0.4 is 0 Å². The first-order valence-electron chi connectivity index (χ1n) is 23.8. The Morgan fingerprint density at radius 3 is 0.792 bits per heavy atom. The minimum Gasteiger partial charge on any atom is -0.351 e. The average Bonchev–Trinajstić information content (AvgIpc) is 4.13. The first kappa shape index (κ1) is 43.5. The fourth-order valence-electron chi connectivity index (χ4n) is 11.1. The van der Waals surface area contributed by atoms with Gasteiger partial charge in [-0.1, -0.05) is 83.9 Å². The Hall–Kier alpha value is -6.06. The molecule has 8 bridgehead atoms. The quantitative estimate of drug-likeness (QED) is 0.181. The molecule has 0 spiro atoms. The lowest BCUT2D eigenvalue weighted by atomic mass is 9.93. The molecule has 0 atom stereocenters. The van der Waals surface area contributed by atoms with Crippen LogP contribution in [0.15, 0.2) is 121 Å². The molecule has 15 aromatic rings. The molecule has 348 valence electrons. The third kappa shape index (κ3) is 6.46. The summed E-state index contributed by atoms with van der Waals surface area (Å²) in [5, 5.41) is 0. The van der Waals surface area contributed by atoms with Gasteiger partial charge in [0.1, 0.15) is 11.0 Å². The first-order valence-corrected chi connectivity index (χ1v) is 30.3. The molecule has 0 aliphatic carbocycles. The number of aromatic amines is 2. The van der Waals surface area contributed by atoms with Crippen molar-refractivity contribution in [3.05, 3.63) is 155 Å². The van der Waals surface area contributed by atoms with Gasteiger partial charge in [-0.25, -0.2) is 9.97 Å². The van der Waals surface area contributed by atoms with Gasteiger partial charge in [0.05, 0.1) is 70.7 Å². The van der Waals surface area contributed by atoms with E-state index < -0.39 is 0 Å². The fourth-order valence-corrected chi connectivity index (χ4v) is 21.0. The Kier molecular flexibility index (Phi) is 9.80. The molecule has 0 amide bonds. The van der Waals surface area contributed by atoms with Crippen molar-refractivity contribution in [2.45, 2.75) is 41.5 Å². The Balaban J connectivity index is 1.34. The Morgan fingerprint density at radius 2 is 0.514 bits per heavy atom. The molecule has 0 aliphatic rings. The fraction of sp³-hybridized carbons (Fsp3) is 0.100. The average molecular weight is 1070 g/mol. The monoisotopic (exact) mass is 1070 g/mol. The number of nitrogens with one attached hydrogen (secondary N) is 2. The molecule has 15 rings (SSSR count). The van der Waals surface area contributed by atoms with E-state index in [-0.39, 0.29) is 0 Å². The number of hydrogen-bond donors (Lipinski definition) is 2. The molecule has 0 unspecified atom stereocenters. The maximum Gasteiger partial charge on any atom is 0.107 e. The van der Waals surface area contributed by atoms with Crippen LogP contribution in [-0.2, 0) is 0 Å². The van der Waals surface area contributed by atoms with Crippen LogP contribution in [0.4, 0.5) is 0 Å². The molecule has 0 aliphatic heterocycles. The van der Waals surface area contributed by atoms with Crippen molar-refractivity contribution >= 4 is 210 Å². The normalized spacial score (nSPS) is 12.3. The molecule has 0 radical (unpaired) electrons. The Bertz CT molecular complexity index is 4410.